The molecule has 2 nitrogen and oxygen atoms in total. The molecule has 0 spiro atoms. The van der Waals surface area contributed by atoms with Crippen LogP contribution in [-0.2, 0) is 19.4 Å². The molecular formula is C10H18N2W. The summed E-state index contributed by atoms with van der Waals surface area (Å²) >= 11 is 1.57. The average molecular weight is 350 g/mol. The molecule has 1 aliphatic carbocycles. The topological polar surface area (TPSA) is 15.3 Å². The van der Waals surface area contributed by atoms with Gasteiger partial charge in [0, 0.05) is 0 Å². The van der Waals surface area contributed by atoms with Crippen molar-refractivity contribution in [3.63, 3.8) is 0 Å². The normalized spacial score (nSPS) is 39.2. The van der Waals surface area contributed by atoms with E-state index in [0.717, 1.165) is 12.0 Å². The van der Waals surface area contributed by atoms with Crippen LogP contribution < -0.4 is 5.32 Å². The second-order valence-corrected chi connectivity index (χ2v) is 6.20. The van der Waals surface area contributed by atoms with E-state index in [9.17, 15) is 0 Å². The molecule has 2 atom stereocenters. The molecule has 0 aromatic heterocycles. The predicted octanol–water partition coefficient (Wildman–Crippen LogP) is 1.10. The van der Waals surface area contributed by atoms with Crippen LogP contribution in [0, 0.1) is 5.92 Å². The van der Waals surface area contributed by atoms with E-state index in [1.54, 1.807) is 19.4 Å². The molecule has 0 aromatic rings. The van der Waals surface area contributed by atoms with Crippen molar-refractivity contribution in [2.75, 3.05) is 7.05 Å². The van der Waals surface area contributed by atoms with Crippen LogP contribution in [0.25, 0.3) is 0 Å². The third kappa shape index (κ3) is 1.47. The molecule has 1 N–H and O–H groups in total. The zero-order valence-corrected chi connectivity index (χ0v) is 11.6. The quantitative estimate of drug-likeness (QED) is 0.704. The summed E-state index contributed by atoms with van der Waals surface area (Å²) in [6.07, 6.45) is 4.18. The van der Waals surface area contributed by atoms with Gasteiger partial charge in [-0.15, -0.1) is 0 Å². The molecule has 3 heteroatoms. The van der Waals surface area contributed by atoms with Gasteiger partial charge in [-0.25, -0.2) is 0 Å². The molecule has 1 heterocycles. The summed E-state index contributed by atoms with van der Waals surface area (Å²) in [7, 11) is 2.23. The molecule has 0 radical (unpaired) electrons. The van der Waals surface area contributed by atoms with Gasteiger partial charge in [0.1, 0.15) is 0 Å². The number of hydrogen-bond acceptors (Lipinski definition) is 2. The van der Waals surface area contributed by atoms with E-state index < -0.39 is 0 Å². The van der Waals surface area contributed by atoms with Gasteiger partial charge < -0.3 is 0 Å². The van der Waals surface area contributed by atoms with Crippen molar-refractivity contribution in [1.82, 2.24) is 10.2 Å². The first-order valence-corrected chi connectivity index (χ1v) is 6.54. The molecule has 0 bridgehead atoms. The van der Waals surface area contributed by atoms with Crippen molar-refractivity contribution in [3.8, 4) is 0 Å². The molecule has 2 fully saturated rings. The van der Waals surface area contributed by atoms with Crippen LogP contribution in [0.5, 0.6) is 0 Å². The Morgan fingerprint density at radius 1 is 1.46 bits per heavy atom. The summed E-state index contributed by atoms with van der Waals surface area (Å²) in [4.78, 5) is 2.44. The van der Waals surface area contributed by atoms with E-state index >= 15 is 0 Å². The molecule has 2 unspecified atom stereocenters. The Labute approximate surface area is 91.5 Å². The summed E-state index contributed by atoms with van der Waals surface area (Å²) in [6.45, 7) is 4.78. The first-order chi connectivity index (χ1) is 6.03. The Morgan fingerprint density at radius 2 is 2.15 bits per heavy atom. The van der Waals surface area contributed by atoms with Gasteiger partial charge in [0.05, 0.1) is 0 Å². The molecule has 2 rings (SSSR count). The van der Waals surface area contributed by atoms with Crippen molar-refractivity contribution < 1.29 is 19.4 Å². The number of hydrogen-bond donors (Lipinski definition) is 1. The fourth-order valence-electron chi connectivity index (χ4n) is 2.74. The second-order valence-electron chi connectivity index (χ2n) is 4.81. The van der Waals surface area contributed by atoms with Crippen LogP contribution >= 0.6 is 0 Å². The molecule has 1 saturated carbocycles. The van der Waals surface area contributed by atoms with Crippen molar-refractivity contribution in [3.05, 3.63) is 0 Å². The van der Waals surface area contributed by atoms with Gasteiger partial charge in [-0.2, -0.15) is 0 Å². The number of nitrogens with one attached hydrogen (secondary N) is 1. The maximum absolute atomic E-state index is 3.66. The fraction of sp³-hybridized carbons (Fsp3) is 0.900. The Kier molecular flexibility index (Phi) is 2.51. The Balaban J connectivity index is 2.27. The first-order valence-electron chi connectivity index (χ1n) is 5.08. The van der Waals surface area contributed by atoms with E-state index in [4.69, 9.17) is 0 Å². The van der Waals surface area contributed by atoms with Crippen LogP contribution in [0.4, 0.5) is 0 Å². The third-order valence-corrected chi connectivity index (χ3v) is 5.31. The van der Waals surface area contributed by atoms with Crippen molar-refractivity contribution in [1.29, 1.82) is 0 Å². The molecule has 2 aliphatic rings. The number of fused-ring (bicyclic) bond motifs is 1. The Hall–Kier alpha value is 0.478. The zero-order chi connectivity index (χ0) is 9.64. The molecule has 1 aliphatic heterocycles. The van der Waals surface area contributed by atoms with Gasteiger partial charge in [0.25, 0.3) is 0 Å². The summed E-state index contributed by atoms with van der Waals surface area (Å²) in [6, 6.07) is 0.763. The summed E-state index contributed by atoms with van der Waals surface area (Å²) in [5, 5.41) is 3.66. The number of nitrogens with zero attached hydrogens (tertiary/aromatic N) is 1. The minimum atomic E-state index is 0.365. The first kappa shape index (κ1) is 10.0. The predicted molar refractivity (Wildman–Crippen MR) is 51.1 cm³/mol. The van der Waals surface area contributed by atoms with E-state index in [2.05, 4.69) is 31.1 Å². The van der Waals surface area contributed by atoms with Gasteiger partial charge >= 0.3 is 91.4 Å². The van der Waals surface area contributed by atoms with Crippen LogP contribution in [0.1, 0.15) is 33.1 Å². The Morgan fingerprint density at radius 3 is 2.85 bits per heavy atom. The maximum atomic E-state index is 3.66. The zero-order valence-electron chi connectivity index (χ0n) is 8.63. The van der Waals surface area contributed by atoms with Gasteiger partial charge in [0.2, 0.25) is 0 Å². The van der Waals surface area contributed by atoms with E-state index in [1.807, 2.05) is 0 Å². The van der Waals surface area contributed by atoms with Crippen molar-refractivity contribution >= 4 is 4.15 Å². The summed E-state index contributed by atoms with van der Waals surface area (Å²) in [5.74, 6) is 0.848. The molecule has 0 aromatic carbocycles. The van der Waals surface area contributed by atoms with Crippen LogP contribution in [0.2, 0.25) is 0 Å². The van der Waals surface area contributed by atoms with Gasteiger partial charge in [0.15, 0.2) is 0 Å². The fourth-order valence-corrected chi connectivity index (χ4v) is 4.13. The van der Waals surface area contributed by atoms with Crippen molar-refractivity contribution in [2.24, 2.45) is 5.92 Å². The van der Waals surface area contributed by atoms with Crippen LogP contribution in [0.3, 0.4) is 0 Å². The van der Waals surface area contributed by atoms with Gasteiger partial charge in [-0.3, -0.25) is 0 Å². The molecule has 1 saturated heterocycles. The van der Waals surface area contributed by atoms with Gasteiger partial charge in [-0.1, -0.05) is 0 Å². The molecule has 74 valence electrons. The van der Waals surface area contributed by atoms with Gasteiger partial charge in [-0.05, 0) is 0 Å². The van der Waals surface area contributed by atoms with Crippen LogP contribution in [-0.4, -0.2) is 27.7 Å². The van der Waals surface area contributed by atoms with E-state index in [1.165, 1.54) is 23.4 Å². The van der Waals surface area contributed by atoms with E-state index in [-0.39, 0.29) is 0 Å². The SMILES string of the molecule is CN1[C](=[W])NC2CCCC2C1(C)C. The van der Waals surface area contributed by atoms with Crippen LogP contribution in [0.15, 0.2) is 0 Å². The van der Waals surface area contributed by atoms with E-state index in [0.29, 0.717) is 5.54 Å². The monoisotopic (exact) mass is 350 g/mol. The molecule has 13 heavy (non-hydrogen) atoms. The summed E-state index contributed by atoms with van der Waals surface area (Å²) in [5.41, 5.74) is 0.365. The minimum absolute atomic E-state index is 0.365. The number of rotatable bonds is 0. The second kappa shape index (κ2) is 3.25. The van der Waals surface area contributed by atoms with Crippen molar-refractivity contribution in [2.45, 2.75) is 44.7 Å². The summed E-state index contributed by atoms with van der Waals surface area (Å²) < 4.78 is 1.42. The molecule has 0 amide bonds. The third-order valence-electron chi connectivity index (χ3n) is 3.90. The standard InChI is InChI=1S/C10H18N2.W/c1-10(2)8-5-4-6-9(8)11-7-12(10)3;/h8-9,11H,4-6H2,1-3H3;. The average Bonchev–Trinajstić information content (AvgIpc) is 2.49. The Bertz CT molecular complexity index is 237. The molecular weight excluding hydrogens is 332 g/mol.